The highest BCUT2D eigenvalue weighted by atomic mass is 19.1. The molecular weight excluding hydrogens is 451 g/mol. The predicted molar refractivity (Wildman–Crippen MR) is 132 cm³/mol. The van der Waals surface area contributed by atoms with Crippen molar-refractivity contribution in [2.75, 3.05) is 27.8 Å². The second-order valence-corrected chi connectivity index (χ2v) is 9.37. The van der Waals surface area contributed by atoms with Gasteiger partial charge in [0.05, 0.1) is 30.4 Å². The summed E-state index contributed by atoms with van der Waals surface area (Å²) in [6, 6.07) is 2.99. The average Bonchev–Trinajstić information content (AvgIpc) is 3.09. The molecule has 1 aliphatic heterocycles. The zero-order valence-corrected chi connectivity index (χ0v) is 21.1. The first-order valence-electron chi connectivity index (χ1n) is 11.6. The van der Waals surface area contributed by atoms with Gasteiger partial charge in [0.15, 0.2) is 6.17 Å². The number of hydrogen-bond donors (Lipinski definition) is 2. The third kappa shape index (κ3) is 5.49. The molecule has 9 heteroatoms. The number of nitrogens with two attached hydrogens (primary N) is 1. The summed E-state index contributed by atoms with van der Waals surface area (Å²) in [4.78, 5) is 30.2. The number of carbonyl (C=O) groups excluding carboxylic acids is 2. The smallest absolute Gasteiger partial charge is 0.255 e. The molecule has 1 aliphatic rings. The minimum absolute atomic E-state index is 0.217. The van der Waals surface area contributed by atoms with Gasteiger partial charge in [-0.3, -0.25) is 14.5 Å². The van der Waals surface area contributed by atoms with E-state index in [1.165, 1.54) is 7.11 Å². The van der Waals surface area contributed by atoms with Crippen molar-refractivity contribution in [1.82, 2.24) is 15.2 Å². The van der Waals surface area contributed by atoms with E-state index < -0.39 is 23.5 Å². The second kappa shape index (κ2) is 10.5. The molecule has 1 aromatic carbocycles. The maximum Gasteiger partial charge on any atom is 0.255 e. The van der Waals surface area contributed by atoms with E-state index in [0.29, 0.717) is 40.8 Å². The Hall–Kier alpha value is -3.38. The van der Waals surface area contributed by atoms with Crippen LogP contribution in [-0.2, 0) is 4.79 Å². The van der Waals surface area contributed by atoms with Crippen molar-refractivity contribution >= 4 is 22.6 Å². The lowest BCUT2D eigenvalue weighted by atomic mass is 9.94. The number of pyridine rings is 1. The Bertz CT molecular complexity index is 1190. The lowest BCUT2D eigenvalue weighted by molar-refractivity contribution is -0.123. The number of hydrogen-bond acceptors (Lipinski definition) is 6. The molecule has 35 heavy (non-hydrogen) atoms. The van der Waals surface area contributed by atoms with E-state index in [4.69, 9.17) is 15.2 Å². The highest BCUT2D eigenvalue weighted by Gasteiger charge is 2.41. The van der Waals surface area contributed by atoms with Gasteiger partial charge < -0.3 is 20.5 Å². The van der Waals surface area contributed by atoms with Crippen molar-refractivity contribution in [3.8, 4) is 23.5 Å². The minimum atomic E-state index is -1.50. The van der Waals surface area contributed by atoms with Crippen molar-refractivity contribution in [3.05, 3.63) is 29.5 Å². The number of alkyl halides is 1. The molecule has 3 rings (SSSR count). The Morgan fingerprint density at radius 1 is 1.31 bits per heavy atom. The van der Waals surface area contributed by atoms with Crippen LogP contribution in [0.5, 0.6) is 11.6 Å². The SMILES string of the molecule is CC[C@@H]1[C@H](F)C(=O)N[C@@H]1CCOc1ncc(C#CC(C)(C)N(C)C)c2cc(C(N)=O)c(OC)cc12. The lowest BCUT2D eigenvalue weighted by Crippen LogP contribution is -2.36. The number of halogens is 1. The molecule has 3 N–H and O–H groups in total. The van der Waals surface area contributed by atoms with Gasteiger partial charge in [-0.2, -0.15) is 0 Å². The van der Waals surface area contributed by atoms with Gasteiger partial charge in [-0.25, -0.2) is 9.37 Å². The molecule has 1 saturated heterocycles. The number of nitrogens with zero attached hydrogens (tertiary/aromatic N) is 2. The standard InChI is InChI=1S/C26H33FN4O4/c1-7-16-20(30-24(33)22(16)27)9-11-35-25-18-13-21(34-6)19(23(28)32)12-17(18)15(14-29-25)8-10-26(2,3)31(4)5/h12-14,16,20,22H,7,9,11H2,1-6H3,(H2,28,32)(H,30,33)/t16-,20+,22-/m0/s1. The van der Waals surface area contributed by atoms with E-state index in [1.807, 2.05) is 39.8 Å². The summed E-state index contributed by atoms with van der Waals surface area (Å²) in [6.07, 6.45) is 1.08. The van der Waals surface area contributed by atoms with E-state index in [-0.39, 0.29) is 24.1 Å². The molecule has 8 nitrogen and oxygen atoms in total. The molecular formula is C26H33FN4O4. The van der Waals surface area contributed by atoms with Crippen LogP contribution >= 0.6 is 0 Å². The van der Waals surface area contributed by atoms with Crippen molar-refractivity contribution in [3.63, 3.8) is 0 Å². The molecule has 1 aromatic heterocycles. The third-order valence-corrected chi connectivity index (χ3v) is 6.67. The van der Waals surface area contributed by atoms with E-state index >= 15 is 0 Å². The van der Waals surface area contributed by atoms with Crippen LogP contribution in [0.4, 0.5) is 4.39 Å². The molecule has 2 heterocycles. The first-order valence-corrected chi connectivity index (χ1v) is 11.6. The first kappa shape index (κ1) is 26.2. The van der Waals surface area contributed by atoms with Gasteiger partial charge in [0.2, 0.25) is 5.88 Å². The van der Waals surface area contributed by atoms with Crippen molar-refractivity contribution < 1.29 is 23.5 Å². The molecule has 3 atom stereocenters. The summed E-state index contributed by atoms with van der Waals surface area (Å²) in [5.41, 5.74) is 6.02. The molecule has 0 bridgehead atoms. The van der Waals surface area contributed by atoms with Gasteiger partial charge in [0.25, 0.3) is 11.8 Å². The fourth-order valence-electron chi connectivity index (χ4n) is 3.98. The normalized spacial score (nSPS) is 19.9. The fourth-order valence-corrected chi connectivity index (χ4v) is 3.98. The second-order valence-electron chi connectivity index (χ2n) is 9.37. The topological polar surface area (TPSA) is 107 Å². The minimum Gasteiger partial charge on any atom is -0.496 e. The van der Waals surface area contributed by atoms with Crippen LogP contribution in [0.15, 0.2) is 18.3 Å². The third-order valence-electron chi connectivity index (χ3n) is 6.67. The zero-order valence-electron chi connectivity index (χ0n) is 21.1. The number of primary amides is 1. The van der Waals surface area contributed by atoms with Crippen LogP contribution < -0.4 is 20.5 Å². The van der Waals surface area contributed by atoms with E-state index in [2.05, 4.69) is 22.1 Å². The molecule has 0 radical (unpaired) electrons. The Balaban J connectivity index is 1.98. The molecule has 0 saturated carbocycles. The number of methoxy groups -OCH3 is 1. The number of rotatable bonds is 8. The quantitative estimate of drug-likeness (QED) is 0.558. The van der Waals surface area contributed by atoms with Crippen LogP contribution in [0, 0.1) is 17.8 Å². The maximum absolute atomic E-state index is 14.1. The molecule has 2 aromatic rings. The average molecular weight is 485 g/mol. The number of amides is 2. The van der Waals surface area contributed by atoms with Crippen LogP contribution in [0.1, 0.15) is 49.5 Å². The molecule has 188 valence electrons. The Labute approximate surface area is 205 Å². The van der Waals surface area contributed by atoms with Crippen LogP contribution in [0.3, 0.4) is 0 Å². The summed E-state index contributed by atoms with van der Waals surface area (Å²) < 4.78 is 25.4. The fraction of sp³-hybridized carbons (Fsp3) is 0.500. The molecule has 0 spiro atoms. The summed E-state index contributed by atoms with van der Waals surface area (Å²) in [6.45, 7) is 6.08. The highest BCUT2D eigenvalue weighted by molar-refractivity contribution is 6.03. The van der Waals surface area contributed by atoms with Gasteiger partial charge >= 0.3 is 0 Å². The largest absolute Gasteiger partial charge is 0.496 e. The number of carbonyl (C=O) groups is 2. The van der Waals surface area contributed by atoms with Crippen LogP contribution in [0.2, 0.25) is 0 Å². The number of ether oxygens (including phenoxy) is 2. The summed E-state index contributed by atoms with van der Waals surface area (Å²) >= 11 is 0. The molecule has 1 fully saturated rings. The monoisotopic (exact) mass is 484 g/mol. The van der Waals surface area contributed by atoms with Gasteiger partial charge in [0, 0.05) is 35.3 Å². The highest BCUT2D eigenvalue weighted by Crippen LogP contribution is 2.33. The van der Waals surface area contributed by atoms with E-state index in [1.54, 1.807) is 18.3 Å². The maximum atomic E-state index is 14.1. The van der Waals surface area contributed by atoms with E-state index in [0.717, 1.165) is 0 Å². The number of nitrogens with one attached hydrogen (secondary N) is 1. The molecule has 0 unspecified atom stereocenters. The summed E-state index contributed by atoms with van der Waals surface area (Å²) in [5, 5.41) is 3.96. The van der Waals surface area contributed by atoms with Crippen molar-refractivity contribution in [2.24, 2.45) is 11.7 Å². The van der Waals surface area contributed by atoms with Gasteiger partial charge in [0.1, 0.15) is 5.75 Å². The lowest BCUT2D eigenvalue weighted by Gasteiger charge is -2.26. The molecule has 2 amide bonds. The van der Waals surface area contributed by atoms with Gasteiger partial charge in [-0.15, -0.1) is 0 Å². The Kier molecular flexibility index (Phi) is 7.86. The number of fused-ring (bicyclic) bond motifs is 1. The predicted octanol–water partition coefficient (Wildman–Crippen LogP) is 2.67. The molecule has 0 aliphatic carbocycles. The van der Waals surface area contributed by atoms with Gasteiger partial charge in [-0.05, 0) is 46.5 Å². The summed E-state index contributed by atoms with van der Waals surface area (Å²) in [5.74, 6) is 5.44. The first-order chi connectivity index (χ1) is 16.5. The van der Waals surface area contributed by atoms with Gasteiger partial charge in [-0.1, -0.05) is 18.8 Å². The number of aromatic nitrogens is 1. The van der Waals surface area contributed by atoms with Crippen molar-refractivity contribution in [2.45, 2.75) is 51.4 Å². The summed E-state index contributed by atoms with van der Waals surface area (Å²) in [7, 11) is 5.34. The zero-order chi connectivity index (χ0) is 25.9. The van der Waals surface area contributed by atoms with Crippen molar-refractivity contribution in [1.29, 1.82) is 0 Å². The van der Waals surface area contributed by atoms with Crippen LogP contribution in [0.25, 0.3) is 10.8 Å². The van der Waals surface area contributed by atoms with Crippen LogP contribution in [-0.4, -0.2) is 67.3 Å². The Morgan fingerprint density at radius 3 is 2.63 bits per heavy atom. The number of benzene rings is 1. The van der Waals surface area contributed by atoms with E-state index in [9.17, 15) is 14.0 Å². The Morgan fingerprint density at radius 2 is 2.03 bits per heavy atom.